The number of carbonyl (C=O) groups is 1. The first kappa shape index (κ1) is 16.7. The van der Waals surface area contributed by atoms with E-state index in [4.69, 9.17) is 0 Å². The Morgan fingerprint density at radius 2 is 2.05 bits per heavy atom. The second-order valence-corrected chi connectivity index (χ2v) is 5.54. The second kappa shape index (κ2) is 8.75. The highest BCUT2D eigenvalue weighted by Gasteiger charge is 2.07. The van der Waals surface area contributed by atoms with Gasteiger partial charge in [0.25, 0.3) is 0 Å². The van der Waals surface area contributed by atoms with Crippen LogP contribution < -0.4 is 0 Å². The maximum absolute atomic E-state index is 11.5. The molecule has 1 rings (SSSR count). The molecule has 1 atom stereocenters. The zero-order valence-corrected chi connectivity index (χ0v) is 12.9. The zero-order chi connectivity index (χ0) is 15.0. The van der Waals surface area contributed by atoms with Gasteiger partial charge in [-0.3, -0.25) is 4.79 Å². The molecular weight excluding hydrogens is 250 g/mol. The predicted molar refractivity (Wildman–Crippen MR) is 82.6 cm³/mol. The molecule has 0 aromatic heterocycles. The van der Waals surface area contributed by atoms with Crippen LogP contribution in [-0.4, -0.2) is 30.0 Å². The second-order valence-electron chi connectivity index (χ2n) is 5.54. The molecule has 3 nitrogen and oxygen atoms in total. The van der Waals surface area contributed by atoms with Gasteiger partial charge in [-0.15, -0.1) is 0 Å². The lowest BCUT2D eigenvalue weighted by atomic mass is 10.00. The van der Waals surface area contributed by atoms with E-state index < -0.39 is 0 Å². The van der Waals surface area contributed by atoms with E-state index in [2.05, 4.69) is 19.1 Å². The Balaban J connectivity index is 2.41. The summed E-state index contributed by atoms with van der Waals surface area (Å²) in [5, 5.41) is 10.0. The molecule has 20 heavy (non-hydrogen) atoms. The van der Waals surface area contributed by atoms with Gasteiger partial charge in [0.2, 0.25) is 5.91 Å². The lowest BCUT2D eigenvalue weighted by Crippen LogP contribution is -2.21. The van der Waals surface area contributed by atoms with E-state index in [0.717, 1.165) is 37.7 Å². The van der Waals surface area contributed by atoms with Gasteiger partial charge in [0, 0.05) is 20.5 Å². The normalized spacial score (nSPS) is 12.2. The molecule has 0 aliphatic rings. The van der Waals surface area contributed by atoms with E-state index in [1.54, 1.807) is 19.0 Å². The fourth-order valence-electron chi connectivity index (χ4n) is 2.22. The van der Waals surface area contributed by atoms with Crippen LogP contribution in [0.15, 0.2) is 24.3 Å². The van der Waals surface area contributed by atoms with Crippen molar-refractivity contribution in [2.75, 3.05) is 14.1 Å². The summed E-state index contributed by atoms with van der Waals surface area (Å²) in [6, 6.07) is 8.18. The summed E-state index contributed by atoms with van der Waals surface area (Å²) in [5.41, 5.74) is 2.25. The highest BCUT2D eigenvalue weighted by Crippen LogP contribution is 2.20. The molecule has 0 radical (unpaired) electrons. The largest absolute Gasteiger partial charge is 0.388 e. The van der Waals surface area contributed by atoms with Gasteiger partial charge in [-0.25, -0.2) is 0 Å². The van der Waals surface area contributed by atoms with E-state index in [1.807, 2.05) is 12.1 Å². The first-order chi connectivity index (χ1) is 9.54. The van der Waals surface area contributed by atoms with Crippen molar-refractivity contribution in [2.24, 2.45) is 0 Å². The number of carbonyl (C=O) groups excluding carboxylic acids is 1. The minimum Gasteiger partial charge on any atom is -0.388 e. The SMILES string of the molecule is CCCC(O)c1cccc(CCCCC(=O)N(C)C)c1. The quantitative estimate of drug-likeness (QED) is 0.740. The number of hydrogen-bond donors (Lipinski definition) is 1. The van der Waals surface area contributed by atoms with Crippen LogP contribution in [0.3, 0.4) is 0 Å². The number of aliphatic hydroxyl groups excluding tert-OH is 1. The van der Waals surface area contributed by atoms with Gasteiger partial charge in [0.1, 0.15) is 0 Å². The molecular formula is C17H27NO2. The molecule has 0 bridgehead atoms. The number of amides is 1. The van der Waals surface area contributed by atoms with Crippen LogP contribution >= 0.6 is 0 Å². The number of rotatable bonds is 8. The molecule has 0 aliphatic heterocycles. The molecule has 0 saturated carbocycles. The van der Waals surface area contributed by atoms with Gasteiger partial charge in [0.05, 0.1) is 6.10 Å². The van der Waals surface area contributed by atoms with Gasteiger partial charge in [-0.2, -0.15) is 0 Å². The van der Waals surface area contributed by atoms with Crippen LogP contribution in [0.4, 0.5) is 0 Å². The molecule has 1 aromatic carbocycles. The third-order valence-corrected chi connectivity index (χ3v) is 3.50. The van der Waals surface area contributed by atoms with Gasteiger partial charge < -0.3 is 10.0 Å². The fourth-order valence-corrected chi connectivity index (χ4v) is 2.22. The van der Waals surface area contributed by atoms with Crippen LogP contribution in [0.1, 0.15) is 56.3 Å². The van der Waals surface area contributed by atoms with E-state index in [9.17, 15) is 9.90 Å². The summed E-state index contributed by atoms with van der Waals surface area (Å²) in [6.45, 7) is 2.08. The lowest BCUT2D eigenvalue weighted by molar-refractivity contribution is -0.128. The van der Waals surface area contributed by atoms with Crippen molar-refractivity contribution in [2.45, 2.75) is 51.6 Å². The van der Waals surface area contributed by atoms with Crippen molar-refractivity contribution in [1.82, 2.24) is 4.90 Å². The Morgan fingerprint density at radius 1 is 1.30 bits per heavy atom. The van der Waals surface area contributed by atoms with Crippen molar-refractivity contribution < 1.29 is 9.90 Å². The number of unbranched alkanes of at least 4 members (excludes halogenated alkanes) is 1. The van der Waals surface area contributed by atoms with Crippen molar-refractivity contribution in [1.29, 1.82) is 0 Å². The maximum Gasteiger partial charge on any atom is 0.222 e. The number of aliphatic hydroxyl groups is 1. The molecule has 1 amide bonds. The number of hydrogen-bond acceptors (Lipinski definition) is 2. The predicted octanol–water partition coefficient (Wildman–Crippen LogP) is 3.32. The Labute approximate surface area is 122 Å². The van der Waals surface area contributed by atoms with Gasteiger partial charge in [-0.1, -0.05) is 37.6 Å². The molecule has 112 valence electrons. The van der Waals surface area contributed by atoms with Crippen molar-refractivity contribution >= 4 is 5.91 Å². The van der Waals surface area contributed by atoms with Gasteiger partial charge in [-0.05, 0) is 36.8 Å². The monoisotopic (exact) mass is 277 g/mol. The summed E-state index contributed by atoms with van der Waals surface area (Å²) in [5.74, 6) is 0.192. The van der Waals surface area contributed by atoms with E-state index in [-0.39, 0.29) is 12.0 Å². The Kier molecular flexibility index (Phi) is 7.31. The van der Waals surface area contributed by atoms with E-state index in [0.29, 0.717) is 6.42 Å². The average Bonchev–Trinajstić information content (AvgIpc) is 2.43. The van der Waals surface area contributed by atoms with Crippen LogP contribution in [0.25, 0.3) is 0 Å². The third kappa shape index (κ3) is 5.74. The maximum atomic E-state index is 11.5. The summed E-state index contributed by atoms with van der Waals surface area (Å²) < 4.78 is 0. The molecule has 1 unspecified atom stereocenters. The van der Waals surface area contributed by atoms with E-state index >= 15 is 0 Å². The zero-order valence-electron chi connectivity index (χ0n) is 12.9. The van der Waals surface area contributed by atoms with Crippen LogP contribution in [0.5, 0.6) is 0 Å². The summed E-state index contributed by atoms with van der Waals surface area (Å²) in [7, 11) is 3.59. The number of benzene rings is 1. The molecule has 0 spiro atoms. The molecule has 1 aromatic rings. The Morgan fingerprint density at radius 3 is 2.70 bits per heavy atom. The van der Waals surface area contributed by atoms with E-state index in [1.165, 1.54) is 5.56 Å². The third-order valence-electron chi connectivity index (χ3n) is 3.50. The summed E-state index contributed by atoms with van der Waals surface area (Å²) in [6.07, 6.45) is 4.94. The van der Waals surface area contributed by atoms with Crippen molar-refractivity contribution in [3.05, 3.63) is 35.4 Å². The minimum atomic E-state index is -0.352. The smallest absolute Gasteiger partial charge is 0.222 e. The van der Waals surface area contributed by atoms with Crippen LogP contribution in [0.2, 0.25) is 0 Å². The van der Waals surface area contributed by atoms with Gasteiger partial charge in [0.15, 0.2) is 0 Å². The molecule has 1 N–H and O–H groups in total. The van der Waals surface area contributed by atoms with Crippen molar-refractivity contribution in [3.8, 4) is 0 Å². The Hall–Kier alpha value is -1.35. The number of aryl methyl sites for hydroxylation is 1. The first-order valence-corrected chi connectivity index (χ1v) is 7.51. The van der Waals surface area contributed by atoms with Crippen LogP contribution in [-0.2, 0) is 11.2 Å². The summed E-state index contributed by atoms with van der Waals surface area (Å²) >= 11 is 0. The minimum absolute atomic E-state index is 0.192. The highest BCUT2D eigenvalue weighted by molar-refractivity contribution is 5.75. The highest BCUT2D eigenvalue weighted by atomic mass is 16.3. The summed E-state index contributed by atoms with van der Waals surface area (Å²) in [4.78, 5) is 13.1. The lowest BCUT2D eigenvalue weighted by Gasteiger charge is -2.12. The van der Waals surface area contributed by atoms with Crippen molar-refractivity contribution in [3.63, 3.8) is 0 Å². The molecule has 3 heteroatoms. The Bertz CT molecular complexity index is 415. The first-order valence-electron chi connectivity index (χ1n) is 7.51. The van der Waals surface area contributed by atoms with Crippen LogP contribution in [0, 0.1) is 0 Å². The van der Waals surface area contributed by atoms with Gasteiger partial charge >= 0.3 is 0 Å². The molecule has 0 saturated heterocycles. The molecule has 0 fully saturated rings. The molecule has 0 aliphatic carbocycles. The average molecular weight is 277 g/mol. The standard InChI is InChI=1S/C17H27NO2/c1-4-8-16(19)15-11-7-10-14(13-15)9-5-6-12-17(20)18(2)3/h7,10-11,13,16,19H,4-6,8-9,12H2,1-3H3. The molecule has 0 heterocycles. The topological polar surface area (TPSA) is 40.5 Å². The number of nitrogens with zero attached hydrogens (tertiary/aromatic N) is 1. The fraction of sp³-hybridized carbons (Fsp3) is 0.588.